The highest BCUT2D eigenvalue weighted by atomic mass is 32.2. The fourth-order valence-corrected chi connectivity index (χ4v) is 2.55. The zero-order valence-corrected chi connectivity index (χ0v) is 12.1. The number of imidazole rings is 1. The lowest BCUT2D eigenvalue weighted by molar-refractivity contribution is -0.139. The minimum Gasteiger partial charge on any atom is -0.480 e. The van der Waals surface area contributed by atoms with E-state index in [0.29, 0.717) is 31.8 Å². The second-order valence-electron chi connectivity index (χ2n) is 4.58. The van der Waals surface area contributed by atoms with E-state index in [0.717, 1.165) is 5.82 Å². The van der Waals surface area contributed by atoms with Crippen LogP contribution < -0.4 is 5.32 Å². The van der Waals surface area contributed by atoms with Gasteiger partial charge in [0, 0.05) is 25.5 Å². The molecule has 7 nitrogen and oxygen atoms in total. The molecule has 2 heterocycles. The maximum atomic E-state index is 12.1. The normalized spacial score (nSPS) is 15.6. The monoisotopic (exact) mass is 298 g/mol. The average molecular weight is 298 g/mol. The number of aliphatic carboxylic acids is 1. The van der Waals surface area contributed by atoms with Crippen molar-refractivity contribution in [1.29, 1.82) is 0 Å². The van der Waals surface area contributed by atoms with Crippen LogP contribution in [0.5, 0.6) is 0 Å². The topological polar surface area (TPSA) is 87.5 Å². The van der Waals surface area contributed by atoms with Gasteiger partial charge in [0.05, 0.1) is 6.54 Å². The number of amides is 2. The standard InChI is InChI=1S/C12H18N4O3S/c1-20-7-2-9(11(17)18)14-12(19)16-6-5-15-4-3-13-10(15)8-16/h3-4,9H,2,5-8H2,1H3,(H,14,19)(H,17,18)/t9-/m1/s1. The van der Waals surface area contributed by atoms with Crippen molar-refractivity contribution in [3.05, 3.63) is 18.2 Å². The highest BCUT2D eigenvalue weighted by Gasteiger charge is 2.25. The van der Waals surface area contributed by atoms with Crippen LogP contribution in [-0.2, 0) is 17.9 Å². The molecule has 0 unspecified atom stereocenters. The van der Waals surface area contributed by atoms with Gasteiger partial charge in [-0.05, 0) is 18.4 Å². The van der Waals surface area contributed by atoms with Gasteiger partial charge in [-0.2, -0.15) is 11.8 Å². The van der Waals surface area contributed by atoms with Crippen LogP contribution in [0, 0.1) is 0 Å². The molecule has 2 N–H and O–H groups in total. The number of carboxylic acid groups (broad SMARTS) is 1. The minimum atomic E-state index is -0.995. The molecule has 1 aromatic heterocycles. The Morgan fingerprint density at radius 2 is 2.35 bits per heavy atom. The van der Waals surface area contributed by atoms with Crippen molar-refractivity contribution in [2.45, 2.75) is 25.6 Å². The summed E-state index contributed by atoms with van der Waals surface area (Å²) in [5.41, 5.74) is 0. The molecule has 0 aromatic carbocycles. The summed E-state index contributed by atoms with van der Waals surface area (Å²) in [5, 5.41) is 11.7. The first-order chi connectivity index (χ1) is 9.61. The van der Waals surface area contributed by atoms with Crippen LogP contribution >= 0.6 is 11.8 Å². The number of hydrogen-bond donors (Lipinski definition) is 2. The Morgan fingerprint density at radius 3 is 3.05 bits per heavy atom. The molecule has 0 aliphatic carbocycles. The maximum Gasteiger partial charge on any atom is 0.326 e. The lowest BCUT2D eigenvalue weighted by atomic mass is 10.2. The number of thioether (sulfide) groups is 1. The van der Waals surface area contributed by atoms with Crippen LogP contribution in [0.2, 0.25) is 0 Å². The third-order valence-electron chi connectivity index (χ3n) is 3.24. The summed E-state index contributed by atoms with van der Waals surface area (Å²) in [5.74, 6) is 0.523. The number of carboxylic acids is 1. The molecule has 0 saturated carbocycles. The molecule has 2 amide bonds. The van der Waals surface area contributed by atoms with Crippen molar-refractivity contribution in [2.24, 2.45) is 0 Å². The molecule has 0 fully saturated rings. The number of hydrogen-bond acceptors (Lipinski definition) is 4. The van der Waals surface area contributed by atoms with E-state index in [1.165, 1.54) is 0 Å². The van der Waals surface area contributed by atoms with Gasteiger partial charge in [-0.3, -0.25) is 0 Å². The van der Waals surface area contributed by atoms with E-state index in [1.54, 1.807) is 22.9 Å². The molecule has 0 bridgehead atoms. The van der Waals surface area contributed by atoms with E-state index in [1.807, 2.05) is 17.0 Å². The second kappa shape index (κ2) is 6.65. The highest BCUT2D eigenvalue weighted by molar-refractivity contribution is 7.98. The van der Waals surface area contributed by atoms with Crippen molar-refractivity contribution in [2.75, 3.05) is 18.6 Å². The molecule has 0 saturated heterocycles. The van der Waals surface area contributed by atoms with Gasteiger partial charge in [-0.25, -0.2) is 14.6 Å². The Morgan fingerprint density at radius 1 is 1.55 bits per heavy atom. The number of carbonyl (C=O) groups is 2. The number of fused-ring (bicyclic) bond motifs is 1. The van der Waals surface area contributed by atoms with Gasteiger partial charge in [0.25, 0.3) is 0 Å². The Kier molecular flexibility index (Phi) is 4.89. The van der Waals surface area contributed by atoms with Gasteiger partial charge in [0.15, 0.2) is 0 Å². The van der Waals surface area contributed by atoms with Crippen molar-refractivity contribution in [1.82, 2.24) is 19.8 Å². The summed E-state index contributed by atoms with van der Waals surface area (Å²) >= 11 is 1.56. The summed E-state index contributed by atoms with van der Waals surface area (Å²) in [6.45, 7) is 1.66. The Hall–Kier alpha value is -1.70. The van der Waals surface area contributed by atoms with Crippen LogP contribution in [0.1, 0.15) is 12.2 Å². The predicted octanol–water partition coefficient (Wildman–Crippen LogP) is 0.615. The van der Waals surface area contributed by atoms with Gasteiger partial charge >= 0.3 is 12.0 Å². The zero-order chi connectivity index (χ0) is 14.5. The Bertz CT molecular complexity index is 491. The number of nitrogens with zero attached hydrogens (tertiary/aromatic N) is 3. The minimum absolute atomic E-state index is 0.340. The summed E-state index contributed by atoms with van der Waals surface area (Å²) < 4.78 is 1.99. The van der Waals surface area contributed by atoms with Crippen LogP contribution in [0.25, 0.3) is 0 Å². The van der Waals surface area contributed by atoms with E-state index in [-0.39, 0.29) is 6.03 Å². The number of urea groups is 1. The molecule has 1 aliphatic rings. The van der Waals surface area contributed by atoms with Crippen LogP contribution in [-0.4, -0.2) is 56.2 Å². The molecule has 8 heteroatoms. The lowest BCUT2D eigenvalue weighted by Gasteiger charge is -2.29. The second-order valence-corrected chi connectivity index (χ2v) is 5.57. The third-order valence-corrected chi connectivity index (χ3v) is 3.88. The molecule has 2 rings (SSSR count). The quantitative estimate of drug-likeness (QED) is 0.832. The Labute approximate surface area is 121 Å². The first-order valence-electron chi connectivity index (χ1n) is 6.39. The highest BCUT2D eigenvalue weighted by Crippen LogP contribution is 2.11. The third kappa shape index (κ3) is 3.44. The van der Waals surface area contributed by atoms with Gasteiger partial charge in [-0.15, -0.1) is 0 Å². The van der Waals surface area contributed by atoms with E-state index in [2.05, 4.69) is 10.3 Å². The van der Waals surface area contributed by atoms with E-state index >= 15 is 0 Å². The van der Waals surface area contributed by atoms with Gasteiger partial charge in [0.1, 0.15) is 11.9 Å². The van der Waals surface area contributed by atoms with Crippen molar-refractivity contribution >= 4 is 23.8 Å². The molecule has 1 aliphatic heterocycles. The molecular formula is C12H18N4O3S. The largest absolute Gasteiger partial charge is 0.480 e. The van der Waals surface area contributed by atoms with Crippen molar-refractivity contribution < 1.29 is 14.7 Å². The number of nitrogens with one attached hydrogen (secondary N) is 1. The molecule has 110 valence electrons. The number of rotatable bonds is 5. The molecular weight excluding hydrogens is 280 g/mol. The lowest BCUT2D eigenvalue weighted by Crippen LogP contribution is -2.50. The van der Waals surface area contributed by atoms with Gasteiger partial charge in [0.2, 0.25) is 0 Å². The van der Waals surface area contributed by atoms with Gasteiger partial charge < -0.3 is 19.9 Å². The zero-order valence-electron chi connectivity index (χ0n) is 11.3. The Balaban J connectivity index is 1.92. The summed E-state index contributed by atoms with van der Waals surface area (Å²) in [4.78, 5) is 29.0. The SMILES string of the molecule is CSCC[C@@H](NC(=O)N1CCn2ccnc2C1)C(=O)O. The molecule has 0 spiro atoms. The summed E-state index contributed by atoms with van der Waals surface area (Å²) in [6.07, 6.45) is 5.91. The fourth-order valence-electron chi connectivity index (χ4n) is 2.08. The van der Waals surface area contributed by atoms with Crippen molar-refractivity contribution in [3.63, 3.8) is 0 Å². The van der Waals surface area contributed by atoms with Crippen LogP contribution in [0.4, 0.5) is 4.79 Å². The first-order valence-corrected chi connectivity index (χ1v) is 7.78. The van der Waals surface area contributed by atoms with Crippen LogP contribution in [0.3, 0.4) is 0 Å². The average Bonchev–Trinajstić information content (AvgIpc) is 2.90. The predicted molar refractivity (Wildman–Crippen MR) is 75.6 cm³/mol. The van der Waals surface area contributed by atoms with Gasteiger partial charge in [-0.1, -0.05) is 0 Å². The summed E-state index contributed by atoms with van der Waals surface area (Å²) in [7, 11) is 0. The molecule has 1 aromatic rings. The van der Waals surface area contributed by atoms with E-state index < -0.39 is 12.0 Å². The van der Waals surface area contributed by atoms with E-state index in [9.17, 15) is 9.59 Å². The molecule has 1 atom stereocenters. The molecule has 0 radical (unpaired) electrons. The molecule has 20 heavy (non-hydrogen) atoms. The number of carbonyl (C=O) groups excluding carboxylic acids is 1. The number of aromatic nitrogens is 2. The smallest absolute Gasteiger partial charge is 0.326 e. The van der Waals surface area contributed by atoms with Crippen LogP contribution in [0.15, 0.2) is 12.4 Å². The maximum absolute atomic E-state index is 12.1. The fraction of sp³-hybridized carbons (Fsp3) is 0.583. The summed E-state index contributed by atoms with van der Waals surface area (Å²) in [6, 6.07) is -1.18. The van der Waals surface area contributed by atoms with E-state index in [4.69, 9.17) is 5.11 Å². The van der Waals surface area contributed by atoms with Crippen molar-refractivity contribution in [3.8, 4) is 0 Å². The first kappa shape index (κ1) is 14.7.